The van der Waals surface area contributed by atoms with Crippen LogP contribution in [0.2, 0.25) is 0 Å². The number of methoxy groups -OCH3 is 1. The molecule has 1 heterocycles. The highest BCUT2D eigenvalue weighted by molar-refractivity contribution is 7.99. The standard InChI is InChI=1S/C21H23NO2S/c1-15-7-9-16(10-8-15)19-22(13-14-25-19)20(23)21(11-12-21)17-5-3-4-6-18(17)24-2/h3-10,19H,11-14H2,1-2H3. The van der Waals surface area contributed by atoms with Crippen LogP contribution in [0.25, 0.3) is 0 Å². The lowest BCUT2D eigenvalue weighted by atomic mass is 9.93. The molecule has 1 saturated heterocycles. The highest BCUT2D eigenvalue weighted by Gasteiger charge is 2.55. The van der Waals surface area contributed by atoms with Gasteiger partial charge in [0.05, 0.1) is 12.5 Å². The van der Waals surface area contributed by atoms with E-state index in [1.165, 1.54) is 11.1 Å². The van der Waals surface area contributed by atoms with Crippen molar-refractivity contribution < 1.29 is 9.53 Å². The molecule has 1 saturated carbocycles. The summed E-state index contributed by atoms with van der Waals surface area (Å²) in [6.45, 7) is 2.91. The molecular formula is C21H23NO2S. The van der Waals surface area contributed by atoms with Gasteiger partial charge in [-0.3, -0.25) is 4.79 Å². The van der Waals surface area contributed by atoms with Crippen LogP contribution in [0.3, 0.4) is 0 Å². The molecule has 0 bridgehead atoms. The molecule has 2 aromatic carbocycles. The zero-order chi connectivity index (χ0) is 17.4. The van der Waals surface area contributed by atoms with E-state index in [1.54, 1.807) is 7.11 Å². The second kappa shape index (κ2) is 6.41. The van der Waals surface area contributed by atoms with Gasteiger partial charge in [-0.2, -0.15) is 0 Å². The molecule has 1 amide bonds. The number of nitrogens with zero attached hydrogens (tertiary/aromatic N) is 1. The largest absolute Gasteiger partial charge is 0.496 e. The molecule has 0 spiro atoms. The molecule has 3 nitrogen and oxygen atoms in total. The van der Waals surface area contributed by atoms with Crippen molar-refractivity contribution in [2.45, 2.75) is 30.6 Å². The first-order valence-electron chi connectivity index (χ1n) is 8.78. The van der Waals surface area contributed by atoms with E-state index in [1.807, 2.05) is 36.0 Å². The quantitative estimate of drug-likeness (QED) is 0.820. The third kappa shape index (κ3) is 2.82. The monoisotopic (exact) mass is 353 g/mol. The van der Waals surface area contributed by atoms with Gasteiger partial charge in [0.2, 0.25) is 5.91 Å². The minimum absolute atomic E-state index is 0.125. The number of thioether (sulfide) groups is 1. The number of amides is 1. The van der Waals surface area contributed by atoms with Crippen LogP contribution in [-0.4, -0.2) is 30.2 Å². The number of ether oxygens (including phenoxy) is 1. The molecule has 25 heavy (non-hydrogen) atoms. The third-order valence-corrected chi connectivity index (χ3v) is 6.56. The molecule has 1 aliphatic carbocycles. The van der Waals surface area contributed by atoms with Gasteiger partial charge in [0, 0.05) is 17.9 Å². The van der Waals surface area contributed by atoms with Crippen LogP contribution < -0.4 is 4.74 Å². The van der Waals surface area contributed by atoms with Crippen molar-refractivity contribution in [3.05, 3.63) is 65.2 Å². The van der Waals surface area contributed by atoms with Crippen LogP contribution in [0.1, 0.15) is 34.9 Å². The highest BCUT2D eigenvalue weighted by Crippen LogP contribution is 2.54. The van der Waals surface area contributed by atoms with E-state index in [0.29, 0.717) is 0 Å². The van der Waals surface area contributed by atoms with Crippen LogP contribution >= 0.6 is 11.8 Å². The summed E-state index contributed by atoms with van der Waals surface area (Å²) in [4.78, 5) is 15.6. The van der Waals surface area contributed by atoms with Gasteiger partial charge >= 0.3 is 0 Å². The van der Waals surface area contributed by atoms with Gasteiger partial charge in [-0.15, -0.1) is 11.8 Å². The van der Waals surface area contributed by atoms with E-state index in [0.717, 1.165) is 36.5 Å². The lowest BCUT2D eigenvalue weighted by Crippen LogP contribution is -2.39. The van der Waals surface area contributed by atoms with E-state index in [-0.39, 0.29) is 16.7 Å². The second-order valence-electron chi connectivity index (χ2n) is 6.91. The molecule has 130 valence electrons. The van der Waals surface area contributed by atoms with Crippen molar-refractivity contribution in [3.63, 3.8) is 0 Å². The Morgan fingerprint density at radius 3 is 2.56 bits per heavy atom. The Morgan fingerprint density at radius 2 is 1.88 bits per heavy atom. The number of rotatable bonds is 4. The van der Waals surface area contributed by atoms with Gasteiger partial charge in [0.25, 0.3) is 0 Å². The predicted octanol–water partition coefficient (Wildman–Crippen LogP) is 4.31. The van der Waals surface area contributed by atoms with E-state index < -0.39 is 0 Å². The smallest absolute Gasteiger partial charge is 0.234 e. The van der Waals surface area contributed by atoms with Crippen molar-refractivity contribution in [3.8, 4) is 5.75 Å². The fraction of sp³-hybridized carbons (Fsp3) is 0.381. The lowest BCUT2D eigenvalue weighted by Gasteiger charge is -2.29. The third-order valence-electron chi connectivity index (χ3n) is 5.30. The number of benzene rings is 2. The summed E-state index contributed by atoms with van der Waals surface area (Å²) in [7, 11) is 1.68. The van der Waals surface area contributed by atoms with Gasteiger partial charge < -0.3 is 9.64 Å². The van der Waals surface area contributed by atoms with Gasteiger partial charge in [-0.25, -0.2) is 0 Å². The Labute approximate surface area is 153 Å². The highest BCUT2D eigenvalue weighted by atomic mass is 32.2. The molecule has 1 atom stereocenters. The van der Waals surface area contributed by atoms with Crippen molar-refractivity contribution in [2.75, 3.05) is 19.4 Å². The molecule has 0 radical (unpaired) electrons. The minimum atomic E-state index is -0.388. The summed E-state index contributed by atoms with van der Waals surface area (Å²) in [6, 6.07) is 16.5. The Morgan fingerprint density at radius 1 is 1.16 bits per heavy atom. The maximum Gasteiger partial charge on any atom is 0.234 e. The molecule has 1 aliphatic heterocycles. The van der Waals surface area contributed by atoms with Crippen LogP contribution in [0.15, 0.2) is 48.5 Å². The second-order valence-corrected chi connectivity index (χ2v) is 8.10. The number of carbonyl (C=O) groups excluding carboxylic acids is 1. The summed E-state index contributed by atoms with van der Waals surface area (Å²) in [5, 5.41) is 0.125. The van der Waals surface area contributed by atoms with Gasteiger partial charge in [-0.1, -0.05) is 48.0 Å². The van der Waals surface area contributed by atoms with Crippen LogP contribution in [0, 0.1) is 6.92 Å². The van der Waals surface area contributed by atoms with Crippen molar-refractivity contribution in [1.82, 2.24) is 4.90 Å². The summed E-state index contributed by atoms with van der Waals surface area (Å²) in [5.74, 6) is 2.08. The molecule has 2 aromatic rings. The number of carbonyl (C=O) groups is 1. The fourth-order valence-electron chi connectivity index (χ4n) is 3.72. The van der Waals surface area contributed by atoms with Crippen molar-refractivity contribution >= 4 is 17.7 Å². The minimum Gasteiger partial charge on any atom is -0.496 e. The van der Waals surface area contributed by atoms with E-state index in [9.17, 15) is 4.79 Å². The average Bonchev–Trinajstić information content (AvgIpc) is 3.31. The number of aryl methyl sites for hydroxylation is 1. The molecule has 0 aromatic heterocycles. The Bertz CT molecular complexity index is 783. The maximum atomic E-state index is 13.5. The molecule has 2 fully saturated rings. The molecule has 4 rings (SSSR count). The molecule has 4 heteroatoms. The zero-order valence-corrected chi connectivity index (χ0v) is 15.5. The average molecular weight is 353 g/mol. The summed E-state index contributed by atoms with van der Waals surface area (Å²) >= 11 is 1.86. The fourth-order valence-corrected chi connectivity index (χ4v) is 4.98. The maximum absolute atomic E-state index is 13.5. The normalized spacial score (nSPS) is 21.2. The zero-order valence-electron chi connectivity index (χ0n) is 14.7. The first kappa shape index (κ1) is 16.5. The molecular weight excluding hydrogens is 330 g/mol. The van der Waals surface area contributed by atoms with Crippen molar-refractivity contribution in [2.24, 2.45) is 0 Å². The Balaban J connectivity index is 1.64. The Hall–Kier alpha value is -1.94. The summed E-state index contributed by atoms with van der Waals surface area (Å²) in [6.07, 6.45) is 1.82. The van der Waals surface area contributed by atoms with Crippen molar-refractivity contribution in [1.29, 1.82) is 0 Å². The number of hydrogen-bond donors (Lipinski definition) is 0. The van der Waals surface area contributed by atoms with Crippen LogP contribution in [-0.2, 0) is 10.2 Å². The first-order valence-corrected chi connectivity index (χ1v) is 9.83. The topological polar surface area (TPSA) is 29.5 Å². The number of para-hydroxylation sites is 1. The van der Waals surface area contributed by atoms with E-state index in [4.69, 9.17) is 4.74 Å². The van der Waals surface area contributed by atoms with E-state index >= 15 is 0 Å². The summed E-state index contributed by atoms with van der Waals surface area (Å²) in [5.41, 5.74) is 3.12. The SMILES string of the molecule is COc1ccccc1C1(C(=O)N2CCSC2c2ccc(C)cc2)CC1. The van der Waals surface area contributed by atoms with Crippen LogP contribution in [0.5, 0.6) is 5.75 Å². The molecule has 0 N–H and O–H groups in total. The van der Waals surface area contributed by atoms with Gasteiger partial charge in [0.15, 0.2) is 0 Å². The van der Waals surface area contributed by atoms with Gasteiger partial charge in [0.1, 0.15) is 11.1 Å². The van der Waals surface area contributed by atoms with E-state index in [2.05, 4.69) is 36.1 Å². The first-order chi connectivity index (χ1) is 12.2. The number of hydrogen-bond acceptors (Lipinski definition) is 3. The van der Waals surface area contributed by atoms with Gasteiger partial charge in [-0.05, 0) is 31.4 Å². The lowest BCUT2D eigenvalue weighted by molar-refractivity contribution is -0.134. The molecule has 2 aliphatic rings. The van der Waals surface area contributed by atoms with Crippen LogP contribution in [0.4, 0.5) is 0 Å². The summed E-state index contributed by atoms with van der Waals surface area (Å²) < 4.78 is 5.53. The molecule has 1 unspecified atom stereocenters. The Kier molecular flexibility index (Phi) is 4.24. The predicted molar refractivity (Wildman–Crippen MR) is 102 cm³/mol.